The molecule has 0 rings (SSSR count). The fraction of sp³-hybridized carbons (Fsp3) is 0.100. The van der Waals surface area contributed by atoms with E-state index in [-0.39, 0.29) is 0 Å². The number of hydrogen-bond acceptors (Lipinski definition) is 1. The molecule has 0 saturated carbocycles. The van der Waals surface area contributed by atoms with Gasteiger partial charge in [-0.05, 0) is 6.92 Å². The van der Waals surface area contributed by atoms with E-state index >= 15 is 0 Å². The lowest BCUT2D eigenvalue weighted by molar-refractivity contribution is -0.113. The van der Waals surface area contributed by atoms with E-state index in [4.69, 9.17) is 5.73 Å². The Morgan fingerprint density at radius 1 is 1.00 bits per heavy atom. The van der Waals surface area contributed by atoms with Gasteiger partial charge in [0.15, 0.2) is 0 Å². The molecule has 0 aliphatic rings. The largest absolute Gasteiger partial charge is 0.366 e. The van der Waals surface area contributed by atoms with Crippen molar-refractivity contribution in [1.29, 1.82) is 0 Å². The predicted octanol–water partition coefficient (Wildman–Crippen LogP) is 1.72. The number of rotatable bonds is 4. The highest BCUT2D eigenvalue weighted by atomic mass is 16.1. The van der Waals surface area contributed by atoms with Crippen LogP contribution in [-0.2, 0) is 4.79 Å². The molecule has 0 fully saturated rings. The van der Waals surface area contributed by atoms with Gasteiger partial charge in [-0.3, -0.25) is 4.79 Å². The maximum Gasteiger partial charge on any atom is 0.241 e. The maximum absolute atomic E-state index is 10.2. The minimum Gasteiger partial charge on any atom is -0.366 e. The summed E-state index contributed by atoms with van der Waals surface area (Å²) < 4.78 is 0. The van der Waals surface area contributed by atoms with Gasteiger partial charge < -0.3 is 5.73 Å². The average molecular weight is 163 g/mol. The molecule has 12 heavy (non-hydrogen) atoms. The Kier molecular flexibility index (Phi) is 6.55. The second-order valence-electron chi connectivity index (χ2n) is 2.06. The van der Waals surface area contributed by atoms with E-state index in [0.29, 0.717) is 0 Å². The number of allylic oxidation sites excluding steroid dienone is 7. The summed E-state index contributed by atoms with van der Waals surface area (Å²) in [4.78, 5) is 10.2. The highest BCUT2D eigenvalue weighted by Gasteiger charge is 1.75. The van der Waals surface area contributed by atoms with Crippen LogP contribution in [0.3, 0.4) is 0 Å². The van der Waals surface area contributed by atoms with Gasteiger partial charge in [-0.1, -0.05) is 42.5 Å². The van der Waals surface area contributed by atoms with Crippen molar-refractivity contribution in [1.82, 2.24) is 0 Å². The minimum absolute atomic E-state index is 0.433. The molecule has 0 radical (unpaired) electrons. The summed E-state index contributed by atoms with van der Waals surface area (Å²) in [7, 11) is 0. The zero-order chi connectivity index (χ0) is 9.23. The molecule has 0 atom stereocenters. The monoisotopic (exact) mass is 163 g/mol. The first kappa shape index (κ1) is 10.4. The molecule has 0 aromatic heterocycles. The second kappa shape index (κ2) is 7.54. The van der Waals surface area contributed by atoms with Crippen LogP contribution in [0.1, 0.15) is 6.92 Å². The number of hydrogen-bond donors (Lipinski definition) is 1. The Balaban J connectivity index is 3.70. The number of amides is 1. The van der Waals surface area contributed by atoms with E-state index < -0.39 is 5.91 Å². The van der Waals surface area contributed by atoms with E-state index in [1.807, 2.05) is 37.3 Å². The molecule has 0 aliphatic heterocycles. The van der Waals surface area contributed by atoms with Crippen LogP contribution in [-0.4, -0.2) is 5.91 Å². The van der Waals surface area contributed by atoms with E-state index in [1.54, 1.807) is 12.2 Å². The third kappa shape index (κ3) is 8.43. The van der Waals surface area contributed by atoms with Crippen LogP contribution >= 0.6 is 0 Å². The lowest BCUT2D eigenvalue weighted by Crippen LogP contribution is -2.04. The Morgan fingerprint density at radius 2 is 1.50 bits per heavy atom. The Labute approximate surface area is 72.8 Å². The Morgan fingerprint density at radius 3 is 2.00 bits per heavy atom. The normalized spacial score (nSPS) is 12.8. The van der Waals surface area contributed by atoms with Crippen LogP contribution in [0.2, 0.25) is 0 Å². The van der Waals surface area contributed by atoms with Gasteiger partial charge in [0.1, 0.15) is 0 Å². The molecule has 0 aromatic rings. The first-order valence-electron chi connectivity index (χ1n) is 3.69. The van der Waals surface area contributed by atoms with Crippen LogP contribution in [0.25, 0.3) is 0 Å². The van der Waals surface area contributed by atoms with E-state index in [0.717, 1.165) is 0 Å². The van der Waals surface area contributed by atoms with Crippen molar-refractivity contribution in [3.8, 4) is 0 Å². The second-order valence-corrected chi connectivity index (χ2v) is 2.06. The molecule has 1 amide bonds. The minimum atomic E-state index is -0.433. The molecule has 0 aliphatic carbocycles. The number of primary amides is 1. The van der Waals surface area contributed by atoms with Crippen molar-refractivity contribution < 1.29 is 4.79 Å². The zero-order valence-electron chi connectivity index (χ0n) is 7.10. The molecular weight excluding hydrogens is 150 g/mol. The Hall–Kier alpha value is -1.57. The summed E-state index contributed by atoms with van der Waals surface area (Å²) >= 11 is 0. The topological polar surface area (TPSA) is 43.1 Å². The van der Waals surface area contributed by atoms with Crippen molar-refractivity contribution in [3.63, 3.8) is 0 Å². The van der Waals surface area contributed by atoms with Crippen molar-refractivity contribution >= 4 is 5.91 Å². The van der Waals surface area contributed by atoms with E-state index in [2.05, 4.69) is 0 Å². The lowest BCUT2D eigenvalue weighted by atomic mass is 10.4. The van der Waals surface area contributed by atoms with E-state index in [9.17, 15) is 4.79 Å². The van der Waals surface area contributed by atoms with Crippen molar-refractivity contribution in [2.75, 3.05) is 0 Å². The van der Waals surface area contributed by atoms with Crippen LogP contribution in [0.4, 0.5) is 0 Å². The molecule has 2 N–H and O–H groups in total. The first-order chi connectivity index (χ1) is 5.77. The van der Waals surface area contributed by atoms with Gasteiger partial charge in [-0.15, -0.1) is 0 Å². The molecule has 0 spiro atoms. The predicted molar refractivity (Wildman–Crippen MR) is 51.4 cm³/mol. The summed E-state index contributed by atoms with van der Waals surface area (Å²) in [5, 5.41) is 0. The van der Waals surface area contributed by atoms with Crippen LogP contribution in [0.5, 0.6) is 0 Å². The van der Waals surface area contributed by atoms with Gasteiger partial charge >= 0.3 is 0 Å². The quantitative estimate of drug-likeness (QED) is 0.497. The number of carbonyl (C=O) groups excluding carboxylic acids is 1. The summed E-state index contributed by atoms with van der Waals surface area (Å²) in [6, 6.07) is 0. The molecule has 0 saturated heterocycles. The molecule has 0 bridgehead atoms. The summed E-state index contributed by atoms with van der Waals surface area (Å²) in [6.07, 6.45) is 14.1. The smallest absolute Gasteiger partial charge is 0.241 e. The van der Waals surface area contributed by atoms with Crippen LogP contribution in [0, 0.1) is 0 Å². The van der Waals surface area contributed by atoms with Gasteiger partial charge in [-0.2, -0.15) is 0 Å². The molecular formula is C10H13NO. The van der Waals surface area contributed by atoms with Crippen molar-refractivity contribution in [2.24, 2.45) is 5.73 Å². The SMILES string of the molecule is CC=CC=CC=CC=CC(N)=O. The standard InChI is InChI=1S/C10H13NO/c1-2-3-4-5-6-7-8-9-10(11)12/h2-9H,1H3,(H2,11,12). The van der Waals surface area contributed by atoms with Crippen molar-refractivity contribution in [3.05, 3.63) is 48.6 Å². The third-order valence-corrected chi connectivity index (χ3v) is 1.01. The molecule has 0 heterocycles. The maximum atomic E-state index is 10.2. The first-order valence-corrected chi connectivity index (χ1v) is 3.69. The average Bonchev–Trinajstić information content (AvgIpc) is 2.02. The summed E-state index contributed by atoms with van der Waals surface area (Å²) in [5.74, 6) is -0.433. The molecule has 0 aromatic carbocycles. The molecule has 2 nitrogen and oxygen atoms in total. The highest BCUT2D eigenvalue weighted by Crippen LogP contribution is 1.81. The van der Waals surface area contributed by atoms with Gasteiger partial charge in [0.05, 0.1) is 0 Å². The van der Waals surface area contributed by atoms with Crippen LogP contribution in [0.15, 0.2) is 48.6 Å². The molecule has 0 unspecified atom stereocenters. The lowest BCUT2D eigenvalue weighted by Gasteiger charge is -1.75. The van der Waals surface area contributed by atoms with Crippen molar-refractivity contribution in [2.45, 2.75) is 6.92 Å². The van der Waals surface area contributed by atoms with E-state index in [1.165, 1.54) is 6.08 Å². The fourth-order valence-corrected chi connectivity index (χ4v) is 0.518. The fourth-order valence-electron chi connectivity index (χ4n) is 0.518. The summed E-state index contributed by atoms with van der Waals surface area (Å²) in [5.41, 5.74) is 4.87. The van der Waals surface area contributed by atoms with Gasteiger partial charge in [-0.25, -0.2) is 0 Å². The zero-order valence-corrected chi connectivity index (χ0v) is 7.10. The third-order valence-electron chi connectivity index (χ3n) is 1.01. The summed E-state index contributed by atoms with van der Waals surface area (Å²) in [6.45, 7) is 1.95. The number of carbonyl (C=O) groups is 1. The van der Waals surface area contributed by atoms with Gasteiger partial charge in [0.25, 0.3) is 0 Å². The van der Waals surface area contributed by atoms with Gasteiger partial charge in [0.2, 0.25) is 5.91 Å². The Bertz CT molecular complexity index is 234. The molecule has 64 valence electrons. The van der Waals surface area contributed by atoms with Gasteiger partial charge in [0, 0.05) is 6.08 Å². The molecule has 2 heteroatoms. The highest BCUT2D eigenvalue weighted by molar-refractivity contribution is 5.85. The van der Waals surface area contributed by atoms with Crippen LogP contribution < -0.4 is 5.73 Å². The number of nitrogens with two attached hydrogens (primary N) is 1.